The second-order valence-corrected chi connectivity index (χ2v) is 2.83. The van der Waals surface area contributed by atoms with Crippen molar-refractivity contribution in [1.82, 2.24) is 0 Å². The van der Waals surface area contributed by atoms with Gasteiger partial charge in [-0.2, -0.15) is 0 Å². The highest BCUT2D eigenvalue weighted by Gasteiger charge is 2.29. The number of rotatable bonds is 6. The van der Waals surface area contributed by atoms with Gasteiger partial charge in [-0.25, -0.2) is 0 Å². The van der Waals surface area contributed by atoms with Gasteiger partial charge >= 0.3 is 0 Å². The summed E-state index contributed by atoms with van der Waals surface area (Å²) in [6.45, 7) is -1.81. The lowest BCUT2D eigenvalue weighted by atomic mass is 10.0. The molecule has 0 amide bonds. The Morgan fingerprint density at radius 3 is 1.19 bits per heavy atom. The number of aldehydes is 1. The number of aliphatic hydroxyl groups excluding tert-OH is 7. The number of hydrogen-bond acceptors (Lipinski definition) is 8. The molecule has 0 saturated carbocycles. The van der Waals surface area contributed by atoms with Gasteiger partial charge in [0.25, 0.3) is 0 Å². The molecule has 0 fully saturated rings. The lowest BCUT2D eigenvalue weighted by molar-refractivity contribution is -0.123. The van der Waals surface area contributed by atoms with Crippen LogP contribution in [0.25, 0.3) is 0 Å². The first-order chi connectivity index (χ1) is 7.45. The van der Waals surface area contributed by atoms with Gasteiger partial charge in [0, 0.05) is 0 Å². The van der Waals surface area contributed by atoms with Crippen LogP contribution >= 0.6 is 0 Å². The Labute approximate surface area is 92.0 Å². The summed E-state index contributed by atoms with van der Waals surface area (Å²) in [5, 5.41) is 59.7. The minimum Gasteiger partial charge on any atom is -0.394 e. The molecule has 0 saturated heterocycles. The highest BCUT2D eigenvalue weighted by molar-refractivity contribution is 5.49. The van der Waals surface area contributed by atoms with Crippen molar-refractivity contribution in [3.63, 3.8) is 0 Å². The Morgan fingerprint density at radius 2 is 1.06 bits per heavy atom. The average Bonchev–Trinajstić information content (AvgIpc) is 2.34. The molecule has 0 aromatic carbocycles. The smallest absolute Gasteiger partial charge is 0.145 e. The monoisotopic (exact) mass is 242 g/mol. The summed E-state index contributed by atoms with van der Waals surface area (Å²) in [7, 11) is 0. The van der Waals surface area contributed by atoms with E-state index >= 15 is 0 Å². The lowest BCUT2D eigenvalue weighted by Crippen LogP contribution is -2.46. The van der Waals surface area contributed by atoms with E-state index in [1.54, 1.807) is 0 Å². The van der Waals surface area contributed by atoms with E-state index in [9.17, 15) is 0 Å². The molecule has 7 N–H and O–H groups in total. The summed E-state index contributed by atoms with van der Waals surface area (Å²) < 4.78 is 0. The van der Waals surface area contributed by atoms with Crippen LogP contribution in [0.15, 0.2) is 0 Å². The zero-order chi connectivity index (χ0) is 13.1. The molecule has 0 aromatic rings. The van der Waals surface area contributed by atoms with E-state index in [-0.39, 0.29) is 6.61 Å². The maximum Gasteiger partial charge on any atom is 0.145 e. The molecule has 0 radical (unpaired) electrons. The van der Waals surface area contributed by atoms with E-state index in [2.05, 4.69) is 0 Å². The van der Waals surface area contributed by atoms with Crippen LogP contribution in [-0.2, 0) is 4.79 Å². The Kier molecular flexibility index (Phi) is 12.1. The van der Waals surface area contributed by atoms with E-state index in [0.717, 1.165) is 0 Å². The molecular weight excluding hydrogens is 224 g/mol. The molecule has 0 aliphatic heterocycles. The molecule has 0 unspecified atom stereocenters. The molecule has 98 valence electrons. The van der Waals surface area contributed by atoms with Crippen LogP contribution < -0.4 is 0 Å². The minimum absolute atomic E-state index is 0.361. The van der Waals surface area contributed by atoms with Crippen molar-refractivity contribution in [2.75, 3.05) is 19.8 Å². The molecular formula is C8H18O8. The summed E-state index contributed by atoms with van der Waals surface area (Å²) in [5.41, 5.74) is 0. The number of aliphatic hydroxyl groups is 7. The van der Waals surface area contributed by atoms with Gasteiger partial charge in [0.05, 0.1) is 19.8 Å². The zero-order valence-electron chi connectivity index (χ0n) is 8.55. The molecule has 4 atom stereocenters. The van der Waals surface area contributed by atoms with E-state index < -0.39 is 37.6 Å². The largest absolute Gasteiger partial charge is 0.394 e. The molecule has 0 aliphatic rings. The van der Waals surface area contributed by atoms with Gasteiger partial charge in [-0.05, 0) is 0 Å². The predicted octanol–water partition coefficient (Wildman–Crippen LogP) is -4.41. The fourth-order valence-corrected chi connectivity index (χ4v) is 0.671. The summed E-state index contributed by atoms with van der Waals surface area (Å²) >= 11 is 0. The Hall–Kier alpha value is -0.610. The molecule has 0 aromatic heterocycles. The molecule has 8 nitrogen and oxygen atoms in total. The first-order valence-corrected chi connectivity index (χ1v) is 4.44. The van der Waals surface area contributed by atoms with Gasteiger partial charge in [0.15, 0.2) is 0 Å². The third kappa shape index (κ3) is 7.65. The summed E-state index contributed by atoms with van der Waals surface area (Å²) in [6.07, 6.45) is -5.96. The Bertz CT molecular complexity index is 150. The number of carbonyl (C=O) groups excluding carboxylic acids is 1. The first kappa shape index (κ1) is 17.8. The highest BCUT2D eigenvalue weighted by Crippen LogP contribution is 2.03. The summed E-state index contributed by atoms with van der Waals surface area (Å²) in [5.74, 6) is 0. The van der Waals surface area contributed by atoms with Gasteiger partial charge < -0.3 is 40.5 Å². The van der Waals surface area contributed by atoms with Crippen molar-refractivity contribution in [3.8, 4) is 0 Å². The molecule has 8 heteroatoms. The van der Waals surface area contributed by atoms with Gasteiger partial charge in [-0.15, -0.1) is 0 Å². The molecule has 0 aliphatic carbocycles. The summed E-state index contributed by atoms with van der Waals surface area (Å²) in [6, 6.07) is 0. The summed E-state index contributed by atoms with van der Waals surface area (Å²) in [4.78, 5) is 8.92. The van der Waals surface area contributed by atoms with Gasteiger partial charge in [-0.1, -0.05) is 0 Å². The fourth-order valence-electron chi connectivity index (χ4n) is 0.671. The van der Waals surface area contributed by atoms with Crippen molar-refractivity contribution in [2.45, 2.75) is 24.4 Å². The molecule has 0 heterocycles. The van der Waals surface area contributed by atoms with Crippen LogP contribution in [0, 0.1) is 0 Å². The SMILES string of the molecule is O=CCO.OC[C@@H](O)[C@@H](O)[C@H](O)[C@@H](O)CO. The molecule has 0 spiro atoms. The van der Waals surface area contributed by atoms with E-state index in [1.807, 2.05) is 0 Å². The van der Waals surface area contributed by atoms with E-state index in [0.29, 0.717) is 6.29 Å². The van der Waals surface area contributed by atoms with Gasteiger partial charge in [0.2, 0.25) is 0 Å². The average molecular weight is 242 g/mol. The van der Waals surface area contributed by atoms with Crippen LogP contribution in [0.4, 0.5) is 0 Å². The third-order valence-electron chi connectivity index (χ3n) is 1.59. The fraction of sp³-hybridized carbons (Fsp3) is 0.875. The van der Waals surface area contributed by atoms with Crippen LogP contribution in [0.1, 0.15) is 0 Å². The standard InChI is InChI=1S/C6H14O6.C2H4O2/c7-1-3(9)5(11)6(12)4(10)2-8;3-1-2-4/h3-12H,1-2H2;1,4H,2H2/t3-,4+,5-,6-;/m1./s1. The van der Waals surface area contributed by atoms with Crippen molar-refractivity contribution in [3.05, 3.63) is 0 Å². The molecule has 0 bridgehead atoms. The van der Waals surface area contributed by atoms with Crippen LogP contribution in [-0.4, -0.2) is 86.3 Å². The topological polar surface area (TPSA) is 159 Å². The normalized spacial score (nSPS) is 17.7. The number of hydrogen-bond donors (Lipinski definition) is 7. The van der Waals surface area contributed by atoms with E-state index in [1.165, 1.54) is 0 Å². The Balaban J connectivity index is 0. The second kappa shape index (κ2) is 10.9. The number of carbonyl (C=O) groups is 1. The van der Waals surface area contributed by atoms with Crippen molar-refractivity contribution in [2.24, 2.45) is 0 Å². The van der Waals surface area contributed by atoms with Crippen LogP contribution in [0.3, 0.4) is 0 Å². The second-order valence-electron chi connectivity index (χ2n) is 2.83. The van der Waals surface area contributed by atoms with Crippen molar-refractivity contribution in [1.29, 1.82) is 0 Å². The zero-order valence-corrected chi connectivity index (χ0v) is 8.55. The first-order valence-electron chi connectivity index (χ1n) is 4.44. The van der Waals surface area contributed by atoms with Gasteiger partial charge in [-0.3, -0.25) is 0 Å². The van der Waals surface area contributed by atoms with Gasteiger partial charge in [0.1, 0.15) is 30.7 Å². The van der Waals surface area contributed by atoms with Crippen molar-refractivity contribution < 1.29 is 40.5 Å². The Morgan fingerprint density at radius 1 is 0.812 bits per heavy atom. The van der Waals surface area contributed by atoms with Crippen LogP contribution in [0.2, 0.25) is 0 Å². The lowest BCUT2D eigenvalue weighted by Gasteiger charge is -2.24. The maximum atomic E-state index is 8.96. The molecule has 0 rings (SSSR count). The minimum atomic E-state index is -1.67. The predicted molar refractivity (Wildman–Crippen MR) is 51.3 cm³/mol. The van der Waals surface area contributed by atoms with Crippen molar-refractivity contribution >= 4 is 6.29 Å². The highest BCUT2D eigenvalue weighted by atomic mass is 16.4. The quantitative estimate of drug-likeness (QED) is 0.230. The third-order valence-corrected chi connectivity index (χ3v) is 1.59. The van der Waals surface area contributed by atoms with E-state index in [4.69, 9.17) is 40.5 Å². The van der Waals surface area contributed by atoms with Crippen LogP contribution in [0.5, 0.6) is 0 Å². The molecule has 16 heavy (non-hydrogen) atoms. The maximum absolute atomic E-state index is 8.96.